The van der Waals surface area contributed by atoms with Crippen molar-refractivity contribution in [3.05, 3.63) is 12.7 Å². The number of hydrogen-bond donors (Lipinski definition) is 0. The van der Waals surface area contributed by atoms with Gasteiger partial charge in [-0.25, -0.2) is 0 Å². The lowest BCUT2D eigenvalue weighted by atomic mass is 9.32. The van der Waals surface area contributed by atoms with Crippen molar-refractivity contribution >= 4 is 5.78 Å². The second kappa shape index (κ2) is 6.97. The van der Waals surface area contributed by atoms with Crippen molar-refractivity contribution in [1.82, 2.24) is 0 Å². The van der Waals surface area contributed by atoms with Crippen LogP contribution in [0.4, 0.5) is 0 Å². The first-order valence-electron chi connectivity index (χ1n) is 14.0. The van der Waals surface area contributed by atoms with Gasteiger partial charge in [-0.2, -0.15) is 0 Å². The third kappa shape index (κ3) is 2.61. The van der Waals surface area contributed by atoms with Crippen molar-refractivity contribution in [2.24, 2.45) is 62.6 Å². The second-order valence-corrected chi connectivity index (χ2v) is 14.7. The molecule has 0 heterocycles. The fraction of sp³-hybridized carbons (Fsp3) is 0.903. The van der Waals surface area contributed by atoms with Crippen molar-refractivity contribution in [3.8, 4) is 0 Å². The van der Waals surface area contributed by atoms with Gasteiger partial charge in [-0.15, -0.1) is 6.58 Å². The Morgan fingerprint density at radius 3 is 2.22 bits per heavy atom. The Morgan fingerprint density at radius 2 is 1.56 bits per heavy atom. The smallest absolute Gasteiger partial charge is 0.138 e. The van der Waals surface area contributed by atoms with E-state index in [2.05, 4.69) is 61.1 Å². The maximum atomic E-state index is 12.9. The maximum absolute atomic E-state index is 12.9. The van der Waals surface area contributed by atoms with Gasteiger partial charge >= 0.3 is 0 Å². The third-order valence-corrected chi connectivity index (χ3v) is 13.6. The van der Waals surface area contributed by atoms with Crippen LogP contribution in [0, 0.1) is 62.6 Å². The molecule has 0 aromatic heterocycles. The molecular weight excluding hydrogens is 388 g/mol. The van der Waals surface area contributed by atoms with Crippen LogP contribution in [0.25, 0.3) is 0 Å². The van der Waals surface area contributed by atoms with Crippen LogP contribution in [0.2, 0.25) is 0 Å². The van der Waals surface area contributed by atoms with E-state index in [1.807, 2.05) is 0 Å². The first-order chi connectivity index (χ1) is 14.9. The first kappa shape index (κ1) is 23.2. The van der Waals surface area contributed by atoms with E-state index < -0.39 is 0 Å². The van der Waals surface area contributed by atoms with Gasteiger partial charge in [-0.3, -0.25) is 4.79 Å². The highest BCUT2D eigenvalue weighted by Gasteiger charge is 2.70. The Bertz CT molecular complexity index is 807. The monoisotopic (exact) mass is 438 g/mol. The molecule has 0 N–H and O–H groups in total. The van der Waals surface area contributed by atoms with Crippen molar-refractivity contribution in [3.63, 3.8) is 0 Å². The molecule has 0 radical (unpaired) electrons. The van der Waals surface area contributed by atoms with E-state index in [4.69, 9.17) is 0 Å². The Morgan fingerprint density at radius 1 is 0.844 bits per heavy atom. The highest BCUT2D eigenvalue weighted by atomic mass is 16.1. The summed E-state index contributed by atoms with van der Waals surface area (Å²) in [6.45, 7) is 22.0. The molecule has 0 bridgehead atoms. The van der Waals surface area contributed by atoms with Crippen LogP contribution in [0.15, 0.2) is 12.7 Å². The number of carbonyl (C=O) groups is 1. The Labute approximate surface area is 198 Å². The molecule has 0 aromatic rings. The third-order valence-electron chi connectivity index (χ3n) is 13.6. The molecule has 5 saturated carbocycles. The SMILES string of the molecule is C=C[C@]12CC[C@@H](C(C)C)[C@@H]1[C@H]1CC[C@@H]3[C@@]4(C)CCC(=O)C(C)(C)[C@@H]4CC[C@@]3(C)[C@]1(C)CC2. The Kier molecular flexibility index (Phi) is 5.05. The van der Waals surface area contributed by atoms with E-state index in [1.54, 1.807) is 0 Å². The van der Waals surface area contributed by atoms with Crippen LogP contribution < -0.4 is 0 Å². The van der Waals surface area contributed by atoms with Crippen molar-refractivity contribution in [2.75, 3.05) is 0 Å². The quantitative estimate of drug-likeness (QED) is 0.395. The Hall–Kier alpha value is -0.590. The van der Waals surface area contributed by atoms with Crippen LogP contribution in [0.3, 0.4) is 0 Å². The molecule has 32 heavy (non-hydrogen) atoms. The minimum Gasteiger partial charge on any atom is -0.299 e. The van der Waals surface area contributed by atoms with Gasteiger partial charge in [0.2, 0.25) is 0 Å². The molecule has 5 rings (SSSR count). The molecule has 0 amide bonds. The van der Waals surface area contributed by atoms with Gasteiger partial charge in [0, 0.05) is 11.8 Å². The van der Waals surface area contributed by atoms with Crippen LogP contribution in [-0.4, -0.2) is 5.78 Å². The topological polar surface area (TPSA) is 17.1 Å². The number of ketones is 1. The summed E-state index contributed by atoms with van der Waals surface area (Å²) < 4.78 is 0. The average Bonchev–Trinajstić information content (AvgIpc) is 3.12. The van der Waals surface area contributed by atoms with E-state index in [0.717, 1.165) is 42.4 Å². The van der Waals surface area contributed by atoms with Gasteiger partial charge in [0.1, 0.15) is 5.78 Å². The van der Waals surface area contributed by atoms with Crippen molar-refractivity contribution in [2.45, 2.75) is 113 Å². The zero-order valence-corrected chi connectivity index (χ0v) is 22.2. The van der Waals surface area contributed by atoms with E-state index in [1.165, 1.54) is 51.4 Å². The predicted octanol–water partition coefficient (Wildman–Crippen LogP) is 8.48. The fourth-order valence-electron chi connectivity index (χ4n) is 11.6. The lowest BCUT2D eigenvalue weighted by Gasteiger charge is -2.72. The summed E-state index contributed by atoms with van der Waals surface area (Å²) in [7, 11) is 0. The molecule has 0 spiro atoms. The molecule has 0 aliphatic heterocycles. The van der Waals surface area contributed by atoms with Gasteiger partial charge in [0.05, 0.1) is 0 Å². The van der Waals surface area contributed by atoms with Crippen LogP contribution in [-0.2, 0) is 4.79 Å². The Balaban J connectivity index is 1.56. The van der Waals surface area contributed by atoms with E-state index in [-0.39, 0.29) is 5.41 Å². The summed E-state index contributed by atoms with van der Waals surface area (Å²) in [5.74, 6) is 5.22. The fourth-order valence-corrected chi connectivity index (χ4v) is 11.6. The molecule has 0 unspecified atom stereocenters. The number of allylic oxidation sites excluding steroid dienone is 1. The van der Waals surface area contributed by atoms with Gasteiger partial charge in [-0.1, -0.05) is 54.5 Å². The number of hydrogen-bond acceptors (Lipinski definition) is 1. The normalized spacial score (nSPS) is 54.4. The zero-order valence-electron chi connectivity index (χ0n) is 22.2. The zero-order chi connectivity index (χ0) is 23.3. The molecule has 0 saturated heterocycles. The maximum Gasteiger partial charge on any atom is 0.138 e. The minimum absolute atomic E-state index is 0.134. The number of fused-ring (bicyclic) bond motifs is 7. The van der Waals surface area contributed by atoms with Gasteiger partial charge in [-0.05, 0) is 115 Å². The number of carbonyl (C=O) groups excluding carboxylic acids is 1. The molecule has 9 atom stereocenters. The lowest BCUT2D eigenvalue weighted by molar-refractivity contribution is -0.232. The van der Waals surface area contributed by atoms with E-state index in [0.29, 0.717) is 33.4 Å². The molecule has 5 fully saturated rings. The van der Waals surface area contributed by atoms with Crippen LogP contribution in [0.1, 0.15) is 113 Å². The minimum atomic E-state index is -0.134. The molecule has 5 aliphatic rings. The predicted molar refractivity (Wildman–Crippen MR) is 134 cm³/mol. The molecule has 1 nitrogen and oxygen atoms in total. The lowest BCUT2D eigenvalue weighted by Crippen LogP contribution is -2.66. The standard InChI is InChI=1S/C31H50O/c1-9-31-17-12-21(20(2)3)26(31)22-10-11-24-28(6)15-14-25(32)27(4,5)23(28)13-16-30(24,8)29(22,7)18-19-31/h9,20-24,26H,1,10-19H2,2-8H3/t21-,22+,23-,24+,26+,28-,29+,30+,31+/m0/s1. The molecular formula is C31H50O. The summed E-state index contributed by atoms with van der Waals surface area (Å²) in [5.41, 5.74) is 1.45. The highest BCUT2D eigenvalue weighted by Crippen LogP contribution is 2.77. The van der Waals surface area contributed by atoms with Crippen molar-refractivity contribution in [1.29, 1.82) is 0 Å². The molecule has 1 heteroatoms. The summed E-state index contributed by atoms with van der Waals surface area (Å²) in [4.78, 5) is 12.9. The second-order valence-electron chi connectivity index (χ2n) is 14.7. The summed E-state index contributed by atoms with van der Waals surface area (Å²) in [6, 6.07) is 0. The molecule has 5 aliphatic carbocycles. The van der Waals surface area contributed by atoms with Gasteiger partial charge in [0.25, 0.3) is 0 Å². The first-order valence-corrected chi connectivity index (χ1v) is 14.0. The van der Waals surface area contributed by atoms with E-state index in [9.17, 15) is 4.79 Å². The van der Waals surface area contributed by atoms with Crippen LogP contribution in [0.5, 0.6) is 0 Å². The highest BCUT2D eigenvalue weighted by molar-refractivity contribution is 5.85. The average molecular weight is 439 g/mol. The molecule has 0 aromatic carbocycles. The summed E-state index contributed by atoms with van der Waals surface area (Å²) >= 11 is 0. The number of Topliss-reactive ketones (excluding diaryl/α,β-unsaturated/α-hetero) is 1. The van der Waals surface area contributed by atoms with Gasteiger partial charge in [0.15, 0.2) is 0 Å². The summed E-state index contributed by atoms with van der Waals surface area (Å²) in [6.07, 6.45) is 15.3. The largest absolute Gasteiger partial charge is 0.299 e. The summed E-state index contributed by atoms with van der Waals surface area (Å²) in [5, 5.41) is 0. The molecule has 180 valence electrons. The van der Waals surface area contributed by atoms with Gasteiger partial charge < -0.3 is 0 Å². The van der Waals surface area contributed by atoms with Crippen molar-refractivity contribution < 1.29 is 4.79 Å². The van der Waals surface area contributed by atoms with Crippen LogP contribution >= 0.6 is 0 Å². The van der Waals surface area contributed by atoms with E-state index >= 15 is 0 Å². The number of rotatable bonds is 2.